The molecule has 2 rings (SSSR count). The molecule has 0 unspecified atom stereocenters. The highest BCUT2D eigenvalue weighted by atomic mass is 16.5. The Balaban J connectivity index is 2.32. The van der Waals surface area contributed by atoms with Gasteiger partial charge in [-0.2, -0.15) is 0 Å². The molecular weight excluding hydrogens is 256 g/mol. The van der Waals surface area contributed by atoms with Gasteiger partial charge in [0.2, 0.25) is 0 Å². The van der Waals surface area contributed by atoms with Crippen molar-refractivity contribution < 1.29 is 19.4 Å². The summed E-state index contributed by atoms with van der Waals surface area (Å²) in [4.78, 5) is 22.8. The highest BCUT2D eigenvalue weighted by molar-refractivity contribution is 6.03. The van der Waals surface area contributed by atoms with E-state index in [1.165, 1.54) is 6.07 Å². The van der Waals surface area contributed by atoms with Gasteiger partial charge in [-0.1, -0.05) is 25.5 Å². The van der Waals surface area contributed by atoms with Gasteiger partial charge in [-0.15, -0.1) is 0 Å². The van der Waals surface area contributed by atoms with Crippen molar-refractivity contribution in [3.05, 3.63) is 41.5 Å². The number of carbonyl (C=O) groups excluding carboxylic acids is 2. The van der Waals surface area contributed by atoms with Crippen molar-refractivity contribution in [3.63, 3.8) is 0 Å². The van der Waals surface area contributed by atoms with Crippen LogP contribution in [0.1, 0.15) is 40.5 Å². The molecule has 0 spiro atoms. The number of phenols is 1. The van der Waals surface area contributed by atoms with Crippen LogP contribution in [0.25, 0.3) is 10.8 Å². The summed E-state index contributed by atoms with van der Waals surface area (Å²) >= 11 is 0. The van der Waals surface area contributed by atoms with E-state index in [1.54, 1.807) is 24.3 Å². The number of ether oxygens (including phenoxy) is 1. The summed E-state index contributed by atoms with van der Waals surface area (Å²) in [7, 11) is 0. The Hall–Kier alpha value is -2.36. The van der Waals surface area contributed by atoms with Gasteiger partial charge in [-0.3, -0.25) is 4.79 Å². The highest BCUT2D eigenvalue weighted by Crippen LogP contribution is 2.26. The maximum absolute atomic E-state index is 11.8. The van der Waals surface area contributed by atoms with Gasteiger partial charge in [0.25, 0.3) is 0 Å². The van der Waals surface area contributed by atoms with E-state index in [0.717, 1.165) is 18.2 Å². The molecule has 0 fully saturated rings. The van der Waals surface area contributed by atoms with Crippen molar-refractivity contribution in [2.45, 2.75) is 19.8 Å². The van der Waals surface area contributed by atoms with E-state index in [2.05, 4.69) is 0 Å². The van der Waals surface area contributed by atoms with Gasteiger partial charge in [0, 0.05) is 0 Å². The van der Waals surface area contributed by atoms with Crippen LogP contribution in [0.5, 0.6) is 5.75 Å². The number of aromatic hydroxyl groups is 1. The average molecular weight is 272 g/mol. The third-order valence-corrected chi connectivity index (χ3v) is 3.12. The molecule has 0 saturated heterocycles. The number of esters is 1. The van der Waals surface area contributed by atoms with E-state index in [0.29, 0.717) is 23.8 Å². The predicted octanol–water partition coefficient (Wildman–Crippen LogP) is 3.31. The highest BCUT2D eigenvalue weighted by Gasteiger charge is 2.11. The zero-order chi connectivity index (χ0) is 14.5. The Labute approximate surface area is 117 Å². The van der Waals surface area contributed by atoms with Gasteiger partial charge in [0.1, 0.15) is 5.75 Å². The molecule has 0 bridgehead atoms. The fourth-order valence-electron chi connectivity index (χ4n) is 1.99. The van der Waals surface area contributed by atoms with E-state index >= 15 is 0 Å². The van der Waals surface area contributed by atoms with Crippen LogP contribution in [-0.2, 0) is 4.74 Å². The van der Waals surface area contributed by atoms with Gasteiger partial charge < -0.3 is 9.84 Å². The Morgan fingerprint density at radius 1 is 1.30 bits per heavy atom. The molecule has 1 N–H and O–H groups in total. The number of carbonyl (C=O) groups is 2. The van der Waals surface area contributed by atoms with Crippen LogP contribution in [0.3, 0.4) is 0 Å². The van der Waals surface area contributed by atoms with Gasteiger partial charge in [-0.05, 0) is 35.4 Å². The van der Waals surface area contributed by atoms with Crippen LogP contribution >= 0.6 is 0 Å². The Bertz CT molecular complexity index is 646. The monoisotopic (exact) mass is 272 g/mol. The van der Waals surface area contributed by atoms with Crippen LogP contribution in [0.15, 0.2) is 30.3 Å². The molecule has 20 heavy (non-hydrogen) atoms. The first-order chi connectivity index (χ1) is 9.67. The van der Waals surface area contributed by atoms with Crippen LogP contribution in [0, 0.1) is 0 Å². The smallest absolute Gasteiger partial charge is 0.338 e. The largest absolute Gasteiger partial charge is 0.507 e. The maximum atomic E-state index is 11.8. The lowest BCUT2D eigenvalue weighted by Gasteiger charge is -2.07. The van der Waals surface area contributed by atoms with Gasteiger partial charge in [-0.25, -0.2) is 4.79 Å². The molecule has 2 aromatic rings. The molecule has 0 atom stereocenters. The van der Waals surface area contributed by atoms with Crippen LogP contribution in [0.4, 0.5) is 0 Å². The molecule has 4 nitrogen and oxygen atoms in total. The molecule has 4 heteroatoms. The molecule has 0 aliphatic rings. The molecular formula is C16H16O4. The topological polar surface area (TPSA) is 63.6 Å². The Morgan fingerprint density at radius 2 is 2.10 bits per heavy atom. The lowest BCUT2D eigenvalue weighted by atomic mass is 10.0. The molecule has 2 aromatic carbocycles. The second-order valence-electron chi connectivity index (χ2n) is 4.54. The number of fused-ring (bicyclic) bond motifs is 1. The van der Waals surface area contributed by atoms with Crippen molar-refractivity contribution in [2.24, 2.45) is 0 Å². The molecule has 0 aliphatic carbocycles. The van der Waals surface area contributed by atoms with E-state index in [-0.39, 0.29) is 17.3 Å². The predicted molar refractivity (Wildman–Crippen MR) is 76.2 cm³/mol. The van der Waals surface area contributed by atoms with Crippen molar-refractivity contribution >= 4 is 23.0 Å². The third kappa shape index (κ3) is 2.79. The van der Waals surface area contributed by atoms with Crippen molar-refractivity contribution in [3.8, 4) is 5.75 Å². The third-order valence-electron chi connectivity index (χ3n) is 3.12. The minimum absolute atomic E-state index is 0.0641. The van der Waals surface area contributed by atoms with Crippen molar-refractivity contribution in [1.82, 2.24) is 0 Å². The number of unbranched alkanes of at least 4 members (excludes halogenated alkanes) is 1. The minimum Gasteiger partial charge on any atom is -0.507 e. The summed E-state index contributed by atoms with van der Waals surface area (Å²) in [6, 6.07) is 8.02. The van der Waals surface area contributed by atoms with Gasteiger partial charge >= 0.3 is 5.97 Å². The second kappa shape index (κ2) is 6.19. The lowest BCUT2D eigenvalue weighted by molar-refractivity contribution is 0.0500. The van der Waals surface area contributed by atoms with Crippen LogP contribution < -0.4 is 0 Å². The second-order valence-corrected chi connectivity index (χ2v) is 4.54. The zero-order valence-corrected chi connectivity index (χ0v) is 11.3. The molecule has 0 amide bonds. The summed E-state index contributed by atoms with van der Waals surface area (Å²) in [5.41, 5.74) is 0.671. The summed E-state index contributed by atoms with van der Waals surface area (Å²) in [5, 5.41) is 10.9. The first kappa shape index (κ1) is 14.1. The standard InChI is InChI=1S/C16H16O4/c1-2-3-8-20-16(19)12-4-6-13-11(9-12)5-7-15(18)14(13)10-17/h4-7,9-10,18H,2-3,8H2,1H3. The molecule has 0 radical (unpaired) electrons. The van der Waals surface area contributed by atoms with Gasteiger partial charge in [0.05, 0.1) is 17.7 Å². The number of hydrogen-bond acceptors (Lipinski definition) is 4. The van der Waals surface area contributed by atoms with E-state index < -0.39 is 0 Å². The number of hydrogen-bond donors (Lipinski definition) is 1. The van der Waals surface area contributed by atoms with E-state index in [9.17, 15) is 14.7 Å². The van der Waals surface area contributed by atoms with Crippen LogP contribution in [0.2, 0.25) is 0 Å². The Kier molecular flexibility index (Phi) is 4.35. The SMILES string of the molecule is CCCCOC(=O)c1ccc2c(C=O)c(O)ccc2c1. The van der Waals surface area contributed by atoms with Crippen molar-refractivity contribution in [1.29, 1.82) is 0 Å². The number of benzene rings is 2. The molecule has 0 aromatic heterocycles. The fourth-order valence-corrected chi connectivity index (χ4v) is 1.99. The van der Waals surface area contributed by atoms with Crippen LogP contribution in [-0.4, -0.2) is 24.0 Å². The Morgan fingerprint density at radius 3 is 2.80 bits per heavy atom. The van der Waals surface area contributed by atoms with E-state index in [1.807, 2.05) is 6.92 Å². The summed E-state index contributed by atoms with van der Waals surface area (Å²) in [5.74, 6) is -0.438. The fraction of sp³-hybridized carbons (Fsp3) is 0.250. The minimum atomic E-state index is -0.374. The number of aldehydes is 1. The lowest BCUT2D eigenvalue weighted by Crippen LogP contribution is -2.06. The first-order valence-corrected chi connectivity index (χ1v) is 6.55. The van der Waals surface area contributed by atoms with Crippen molar-refractivity contribution in [2.75, 3.05) is 6.61 Å². The first-order valence-electron chi connectivity index (χ1n) is 6.55. The molecule has 0 heterocycles. The van der Waals surface area contributed by atoms with Gasteiger partial charge in [0.15, 0.2) is 6.29 Å². The van der Waals surface area contributed by atoms with E-state index in [4.69, 9.17) is 4.74 Å². The zero-order valence-electron chi connectivity index (χ0n) is 11.3. The molecule has 104 valence electrons. The quantitative estimate of drug-likeness (QED) is 0.515. The molecule has 0 aliphatic heterocycles. The summed E-state index contributed by atoms with van der Waals surface area (Å²) in [6.45, 7) is 2.43. The number of rotatable bonds is 5. The number of phenolic OH excluding ortho intramolecular Hbond substituents is 1. The maximum Gasteiger partial charge on any atom is 0.338 e. The molecule has 0 saturated carbocycles. The normalized spacial score (nSPS) is 10.4. The average Bonchev–Trinajstić information content (AvgIpc) is 2.47. The summed E-state index contributed by atoms with van der Waals surface area (Å²) in [6.07, 6.45) is 2.41. The summed E-state index contributed by atoms with van der Waals surface area (Å²) < 4.78 is 5.14.